The Balaban J connectivity index is 2.09. The first-order chi connectivity index (χ1) is 5.29. The van der Waals surface area contributed by atoms with Crippen molar-refractivity contribution in [3.8, 4) is 0 Å². The van der Waals surface area contributed by atoms with E-state index in [0.29, 0.717) is 0 Å². The van der Waals surface area contributed by atoms with Crippen molar-refractivity contribution in [3.05, 3.63) is 0 Å². The molecule has 0 aliphatic carbocycles. The van der Waals surface area contributed by atoms with Crippen molar-refractivity contribution < 1.29 is 4.21 Å². The van der Waals surface area contributed by atoms with Gasteiger partial charge < -0.3 is 5.32 Å². The average molecular weight is 176 g/mol. The Morgan fingerprint density at radius 2 is 2.09 bits per heavy atom. The molecule has 0 aromatic heterocycles. The van der Waals surface area contributed by atoms with Crippen molar-refractivity contribution in [2.45, 2.75) is 0 Å². The molecule has 11 heavy (non-hydrogen) atoms. The summed E-state index contributed by atoms with van der Waals surface area (Å²) in [5.41, 5.74) is 0. The smallest absolute Gasteiger partial charge is 0.0359 e. The molecule has 1 heterocycles. The maximum Gasteiger partial charge on any atom is 0.0359 e. The van der Waals surface area contributed by atoms with Gasteiger partial charge in [-0.2, -0.15) is 0 Å². The maximum atomic E-state index is 10.8. The van der Waals surface area contributed by atoms with Crippen LogP contribution in [0.1, 0.15) is 0 Å². The summed E-state index contributed by atoms with van der Waals surface area (Å²) in [6, 6.07) is 0. The lowest BCUT2D eigenvalue weighted by Crippen LogP contribution is -2.44. The summed E-state index contributed by atoms with van der Waals surface area (Å²) in [6.07, 6.45) is 1.77. The van der Waals surface area contributed by atoms with Gasteiger partial charge in [0.25, 0.3) is 0 Å². The molecule has 0 spiro atoms. The van der Waals surface area contributed by atoms with Gasteiger partial charge in [-0.3, -0.25) is 9.11 Å². The van der Waals surface area contributed by atoms with Crippen molar-refractivity contribution in [2.75, 3.05) is 44.7 Å². The molecule has 1 unspecified atom stereocenters. The molecule has 4 heteroatoms. The Bertz CT molecular complexity index is 134. The van der Waals surface area contributed by atoms with E-state index in [1.165, 1.54) is 0 Å². The molecule has 0 aromatic carbocycles. The number of hydrogen-bond donors (Lipinski definition) is 1. The molecule has 0 bridgehead atoms. The second kappa shape index (κ2) is 4.85. The molecule has 1 N–H and O–H groups in total. The fourth-order valence-electron chi connectivity index (χ4n) is 1.19. The summed E-state index contributed by atoms with van der Waals surface area (Å²) in [5, 5.41) is 3.28. The van der Waals surface area contributed by atoms with Gasteiger partial charge in [-0.15, -0.1) is 0 Å². The number of hydrogen-bond acceptors (Lipinski definition) is 3. The zero-order valence-corrected chi connectivity index (χ0v) is 7.82. The Hall–Kier alpha value is 0.0700. The van der Waals surface area contributed by atoms with E-state index < -0.39 is 10.8 Å². The zero-order valence-electron chi connectivity index (χ0n) is 7.01. The van der Waals surface area contributed by atoms with Gasteiger partial charge in [0.1, 0.15) is 0 Å². The summed E-state index contributed by atoms with van der Waals surface area (Å²) in [5.74, 6) is 0.819. The van der Waals surface area contributed by atoms with Gasteiger partial charge in [0.15, 0.2) is 0 Å². The Kier molecular flexibility index (Phi) is 4.04. The lowest BCUT2D eigenvalue weighted by Gasteiger charge is -2.26. The van der Waals surface area contributed by atoms with E-state index in [1.54, 1.807) is 6.26 Å². The maximum absolute atomic E-state index is 10.8. The molecule has 1 atom stereocenters. The van der Waals surface area contributed by atoms with E-state index in [4.69, 9.17) is 0 Å². The molecule has 0 amide bonds. The minimum Gasteiger partial charge on any atom is -0.314 e. The molecule has 1 rings (SSSR count). The van der Waals surface area contributed by atoms with Crippen LogP contribution in [0.2, 0.25) is 0 Å². The second-order valence-corrected chi connectivity index (χ2v) is 4.42. The van der Waals surface area contributed by atoms with E-state index in [1.807, 2.05) is 0 Å². The molecule has 1 saturated heterocycles. The molecule has 66 valence electrons. The van der Waals surface area contributed by atoms with Crippen molar-refractivity contribution in [3.63, 3.8) is 0 Å². The molecule has 1 aliphatic heterocycles. The van der Waals surface area contributed by atoms with Gasteiger partial charge in [-0.25, -0.2) is 0 Å². The highest BCUT2D eigenvalue weighted by Crippen LogP contribution is 1.91. The predicted molar refractivity (Wildman–Crippen MR) is 48.2 cm³/mol. The third-order valence-corrected chi connectivity index (χ3v) is 2.66. The van der Waals surface area contributed by atoms with E-state index in [0.717, 1.165) is 38.5 Å². The van der Waals surface area contributed by atoms with Crippen molar-refractivity contribution in [2.24, 2.45) is 0 Å². The normalized spacial score (nSPS) is 23.4. The van der Waals surface area contributed by atoms with E-state index in [-0.39, 0.29) is 0 Å². The van der Waals surface area contributed by atoms with Gasteiger partial charge in [-0.1, -0.05) is 0 Å². The summed E-state index contributed by atoms with van der Waals surface area (Å²) in [6.45, 7) is 5.37. The monoisotopic (exact) mass is 176 g/mol. The number of nitrogens with zero attached hydrogens (tertiary/aromatic N) is 1. The third kappa shape index (κ3) is 3.84. The van der Waals surface area contributed by atoms with Crippen LogP contribution in [0.25, 0.3) is 0 Å². The Labute approximate surface area is 70.6 Å². The molecule has 0 saturated carbocycles. The zero-order chi connectivity index (χ0) is 8.10. The quantitative estimate of drug-likeness (QED) is 0.615. The highest BCUT2D eigenvalue weighted by atomic mass is 32.2. The van der Waals surface area contributed by atoms with Crippen molar-refractivity contribution >= 4 is 10.8 Å². The van der Waals surface area contributed by atoms with Crippen LogP contribution in [0.4, 0.5) is 0 Å². The Morgan fingerprint density at radius 1 is 1.45 bits per heavy atom. The summed E-state index contributed by atoms with van der Waals surface area (Å²) >= 11 is 0. The van der Waals surface area contributed by atoms with Crippen LogP contribution in [0.5, 0.6) is 0 Å². The topological polar surface area (TPSA) is 32.3 Å². The van der Waals surface area contributed by atoms with Gasteiger partial charge in [0.05, 0.1) is 0 Å². The Morgan fingerprint density at radius 3 is 2.64 bits per heavy atom. The van der Waals surface area contributed by atoms with Gasteiger partial charge >= 0.3 is 0 Å². The molecular weight excluding hydrogens is 160 g/mol. The fourth-order valence-corrected chi connectivity index (χ4v) is 1.71. The van der Waals surface area contributed by atoms with E-state index >= 15 is 0 Å². The van der Waals surface area contributed by atoms with Crippen LogP contribution in [-0.4, -0.2) is 53.8 Å². The first-order valence-corrected chi connectivity index (χ1v) is 5.75. The first-order valence-electron chi connectivity index (χ1n) is 4.02. The highest BCUT2D eigenvalue weighted by molar-refractivity contribution is 7.84. The summed E-state index contributed by atoms with van der Waals surface area (Å²) < 4.78 is 10.8. The molecular formula is C7H16N2OS. The van der Waals surface area contributed by atoms with E-state index in [2.05, 4.69) is 10.2 Å². The molecule has 1 fully saturated rings. The van der Waals surface area contributed by atoms with Gasteiger partial charge in [0.2, 0.25) is 0 Å². The summed E-state index contributed by atoms with van der Waals surface area (Å²) in [7, 11) is -0.629. The molecule has 3 nitrogen and oxygen atoms in total. The van der Waals surface area contributed by atoms with Gasteiger partial charge in [-0.05, 0) is 0 Å². The summed E-state index contributed by atoms with van der Waals surface area (Å²) in [4.78, 5) is 2.36. The van der Waals surface area contributed by atoms with Crippen LogP contribution in [-0.2, 0) is 10.8 Å². The molecule has 0 radical (unpaired) electrons. The van der Waals surface area contributed by atoms with Crippen LogP contribution in [0.3, 0.4) is 0 Å². The predicted octanol–water partition coefficient (Wildman–Crippen LogP) is -0.730. The lowest BCUT2D eigenvalue weighted by atomic mass is 10.4. The van der Waals surface area contributed by atoms with E-state index in [9.17, 15) is 4.21 Å². The SMILES string of the molecule is CS(=O)CCN1CCNCC1. The van der Waals surface area contributed by atoms with Gasteiger partial charge in [0, 0.05) is 55.5 Å². The van der Waals surface area contributed by atoms with Crippen LogP contribution < -0.4 is 5.32 Å². The fraction of sp³-hybridized carbons (Fsp3) is 1.00. The highest BCUT2D eigenvalue weighted by Gasteiger charge is 2.08. The van der Waals surface area contributed by atoms with Crippen molar-refractivity contribution in [1.82, 2.24) is 10.2 Å². The number of piperazine rings is 1. The van der Waals surface area contributed by atoms with Crippen LogP contribution >= 0.6 is 0 Å². The first kappa shape index (κ1) is 9.16. The molecule has 1 aliphatic rings. The third-order valence-electron chi connectivity index (χ3n) is 1.90. The largest absolute Gasteiger partial charge is 0.314 e. The minimum atomic E-state index is -0.629. The van der Waals surface area contributed by atoms with Crippen molar-refractivity contribution in [1.29, 1.82) is 0 Å². The average Bonchev–Trinajstić information content (AvgIpc) is 2.03. The second-order valence-electron chi connectivity index (χ2n) is 2.87. The lowest BCUT2D eigenvalue weighted by molar-refractivity contribution is 0.254. The van der Waals surface area contributed by atoms with Crippen LogP contribution in [0.15, 0.2) is 0 Å². The number of nitrogens with one attached hydrogen (secondary N) is 1. The minimum absolute atomic E-state index is 0.629. The van der Waals surface area contributed by atoms with Crippen LogP contribution in [0, 0.1) is 0 Å². The molecule has 0 aromatic rings. The number of rotatable bonds is 3. The standard InChI is InChI=1S/C7H16N2OS/c1-11(10)7-6-9-4-2-8-3-5-9/h8H,2-7H2,1H3.